The molecule has 0 spiro atoms. The van der Waals surface area contributed by atoms with Gasteiger partial charge in [0.25, 0.3) is 0 Å². The van der Waals surface area contributed by atoms with Gasteiger partial charge in [-0.25, -0.2) is 0 Å². The van der Waals surface area contributed by atoms with Crippen LogP contribution in [0.5, 0.6) is 0 Å². The van der Waals surface area contributed by atoms with Crippen LogP contribution in [0.1, 0.15) is 19.8 Å². The van der Waals surface area contributed by atoms with E-state index in [9.17, 15) is 5.11 Å². The van der Waals surface area contributed by atoms with Gasteiger partial charge in [-0.3, -0.25) is 0 Å². The Morgan fingerprint density at radius 3 is 2.14 bits per heavy atom. The molecular formula is C10H20Cl2OSi. The summed E-state index contributed by atoms with van der Waals surface area (Å²) >= 11 is 12.0. The van der Waals surface area contributed by atoms with Crippen molar-refractivity contribution in [2.45, 2.75) is 55.4 Å². The molecule has 1 aliphatic rings. The lowest BCUT2D eigenvalue weighted by Crippen LogP contribution is -2.41. The summed E-state index contributed by atoms with van der Waals surface area (Å²) in [6.07, 6.45) is 1.91. The molecule has 0 bridgehead atoms. The second-order valence-corrected chi connectivity index (χ2v) is 12.4. The average molecular weight is 255 g/mol. The van der Waals surface area contributed by atoms with Gasteiger partial charge in [0.2, 0.25) is 0 Å². The quantitative estimate of drug-likeness (QED) is 0.589. The van der Waals surface area contributed by atoms with E-state index < -0.39 is 18.5 Å². The number of rotatable bonds is 2. The van der Waals surface area contributed by atoms with Gasteiger partial charge < -0.3 is 5.11 Å². The van der Waals surface area contributed by atoms with Crippen LogP contribution in [0.25, 0.3) is 0 Å². The molecule has 3 atom stereocenters. The average Bonchev–Trinajstić information content (AvgIpc) is 2.23. The predicted molar refractivity (Wildman–Crippen MR) is 65.9 cm³/mol. The van der Waals surface area contributed by atoms with Gasteiger partial charge >= 0.3 is 0 Å². The third-order valence-corrected chi connectivity index (χ3v) is 6.91. The number of hydrogen-bond acceptors (Lipinski definition) is 1. The molecule has 4 heteroatoms. The SMILES string of the molecule is C[C@@]1(O)CC[C@@H]([Si](C)(C)C)[C@H]1C(Cl)Cl. The van der Waals surface area contributed by atoms with E-state index in [1.54, 1.807) is 0 Å². The van der Waals surface area contributed by atoms with Gasteiger partial charge in [0.15, 0.2) is 0 Å². The van der Waals surface area contributed by atoms with Crippen LogP contribution < -0.4 is 0 Å². The molecule has 0 aromatic heterocycles. The fourth-order valence-electron chi connectivity index (χ4n) is 2.65. The van der Waals surface area contributed by atoms with Crippen LogP contribution in [0.15, 0.2) is 0 Å². The molecule has 1 nitrogen and oxygen atoms in total. The molecule has 1 saturated carbocycles. The maximum absolute atomic E-state index is 10.2. The van der Waals surface area contributed by atoms with Crippen LogP contribution >= 0.6 is 23.2 Å². The molecular weight excluding hydrogens is 235 g/mol. The predicted octanol–water partition coefficient (Wildman–Crippen LogP) is 3.66. The van der Waals surface area contributed by atoms with Gasteiger partial charge in [-0.05, 0) is 25.3 Å². The Morgan fingerprint density at radius 2 is 1.86 bits per heavy atom. The Bertz CT molecular complexity index is 211. The monoisotopic (exact) mass is 254 g/mol. The zero-order chi connectivity index (χ0) is 11.1. The van der Waals surface area contributed by atoms with Crippen molar-refractivity contribution in [3.63, 3.8) is 0 Å². The fraction of sp³-hybridized carbons (Fsp3) is 1.00. The highest BCUT2D eigenvalue weighted by molar-refractivity contribution is 6.77. The van der Waals surface area contributed by atoms with Crippen LogP contribution in [-0.4, -0.2) is 23.6 Å². The molecule has 1 aliphatic carbocycles. The number of halogens is 2. The molecule has 0 aromatic rings. The maximum atomic E-state index is 10.2. The van der Waals surface area contributed by atoms with Crippen molar-refractivity contribution in [2.24, 2.45) is 5.92 Å². The van der Waals surface area contributed by atoms with E-state index in [0.717, 1.165) is 12.8 Å². The van der Waals surface area contributed by atoms with Crippen LogP contribution in [-0.2, 0) is 0 Å². The normalized spacial score (nSPS) is 39.4. The van der Waals surface area contributed by atoms with Gasteiger partial charge in [0.1, 0.15) is 4.84 Å². The van der Waals surface area contributed by atoms with Crippen molar-refractivity contribution in [1.82, 2.24) is 0 Å². The summed E-state index contributed by atoms with van der Waals surface area (Å²) in [5.41, 5.74) is -0.128. The molecule has 1 fully saturated rings. The lowest BCUT2D eigenvalue weighted by Gasteiger charge is -2.36. The molecule has 0 heterocycles. The first-order chi connectivity index (χ1) is 6.16. The minimum Gasteiger partial charge on any atom is -0.390 e. The van der Waals surface area contributed by atoms with Crippen molar-refractivity contribution >= 4 is 31.3 Å². The third-order valence-electron chi connectivity index (χ3n) is 3.50. The van der Waals surface area contributed by atoms with Gasteiger partial charge in [0, 0.05) is 14.0 Å². The smallest absolute Gasteiger partial charge is 0.113 e. The second-order valence-electron chi connectivity index (χ2n) is 5.73. The Morgan fingerprint density at radius 1 is 1.36 bits per heavy atom. The van der Waals surface area contributed by atoms with E-state index in [1.165, 1.54) is 0 Å². The van der Waals surface area contributed by atoms with Gasteiger partial charge in [0.05, 0.1) is 5.60 Å². The van der Waals surface area contributed by atoms with Gasteiger partial charge in [-0.1, -0.05) is 19.6 Å². The zero-order valence-corrected chi connectivity index (χ0v) is 11.9. The van der Waals surface area contributed by atoms with Crippen molar-refractivity contribution in [3.05, 3.63) is 0 Å². The van der Waals surface area contributed by atoms with Crippen molar-refractivity contribution in [3.8, 4) is 0 Å². The summed E-state index contributed by atoms with van der Waals surface area (Å²) < 4.78 is 0. The largest absolute Gasteiger partial charge is 0.390 e. The first kappa shape index (κ1) is 12.8. The van der Waals surface area contributed by atoms with E-state index in [1.807, 2.05) is 6.92 Å². The van der Waals surface area contributed by atoms with E-state index in [4.69, 9.17) is 23.2 Å². The summed E-state index contributed by atoms with van der Waals surface area (Å²) in [6, 6.07) is 0. The van der Waals surface area contributed by atoms with E-state index in [-0.39, 0.29) is 5.92 Å². The summed E-state index contributed by atoms with van der Waals surface area (Å²) in [4.78, 5) is -0.441. The summed E-state index contributed by atoms with van der Waals surface area (Å²) in [6.45, 7) is 8.84. The lowest BCUT2D eigenvalue weighted by atomic mass is 9.94. The summed E-state index contributed by atoms with van der Waals surface area (Å²) in [5.74, 6) is 0.0532. The number of aliphatic hydroxyl groups is 1. The van der Waals surface area contributed by atoms with Crippen LogP contribution in [0.4, 0.5) is 0 Å². The first-order valence-electron chi connectivity index (χ1n) is 5.17. The Hall–Kier alpha value is 0.757. The summed E-state index contributed by atoms with van der Waals surface area (Å²) in [7, 11) is -1.27. The summed E-state index contributed by atoms with van der Waals surface area (Å²) in [5, 5.41) is 10.2. The van der Waals surface area contributed by atoms with E-state index >= 15 is 0 Å². The third kappa shape index (κ3) is 2.46. The van der Waals surface area contributed by atoms with Gasteiger partial charge in [-0.2, -0.15) is 0 Å². The molecule has 0 amide bonds. The highest BCUT2D eigenvalue weighted by Crippen LogP contribution is 2.52. The molecule has 0 saturated heterocycles. The first-order valence-corrected chi connectivity index (χ1v) is 9.62. The molecule has 1 rings (SSSR count). The zero-order valence-electron chi connectivity index (χ0n) is 9.35. The van der Waals surface area contributed by atoms with Gasteiger partial charge in [-0.15, -0.1) is 23.2 Å². The van der Waals surface area contributed by atoms with Crippen LogP contribution in [0.3, 0.4) is 0 Å². The molecule has 14 heavy (non-hydrogen) atoms. The Kier molecular flexibility index (Phi) is 3.63. The van der Waals surface area contributed by atoms with E-state index in [2.05, 4.69) is 19.6 Å². The number of alkyl halides is 2. The highest BCUT2D eigenvalue weighted by atomic mass is 35.5. The lowest BCUT2D eigenvalue weighted by molar-refractivity contribution is 0.0260. The molecule has 0 unspecified atom stereocenters. The minimum atomic E-state index is -1.27. The molecule has 84 valence electrons. The fourth-order valence-corrected chi connectivity index (χ4v) is 6.42. The molecule has 0 radical (unpaired) electrons. The molecule has 1 N–H and O–H groups in total. The maximum Gasteiger partial charge on any atom is 0.113 e. The highest BCUT2D eigenvalue weighted by Gasteiger charge is 2.51. The Balaban J connectivity index is 2.90. The minimum absolute atomic E-state index is 0.0532. The molecule has 0 aromatic carbocycles. The second kappa shape index (κ2) is 3.97. The topological polar surface area (TPSA) is 20.2 Å². The van der Waals surface area contributed by atoms with Crippen molar-refractivity contribution < 1.29 is 5.11 Å². The number of hydrogen-bond donors (Lipinski definition) is 1. The van der Waals surface area contributed by atoms with Crippen molar-refractivity contribution in [1.29, 1.82) is 0 Å². The van der Waals surface area contributed by atoms with E-state index in [0.29, 0.717) is 5.54 Å². The van der Waals surface area contributed by atoms with Crippen LogP contribution in [0, 0.1) is 5.92 Å². The standard InChI is InChI=1S/C10H20Cl2OSi/c1-10(13)6-5-7(14(2,3)4)8(10)9(11)12/h7-9,13H,5-6H2,1-4H3/t7-,8+,10-/m1/s1. The molecule has 0 aliphatic heterocycles. The van der Waals surface area contributed by atoms with Crippen LogP contribution in [0.2, 0.25) is 25.2 Å². The Labute approximate surface area is 97.8 Å². The van der Waals surface area contributed by atoms with Crippen molar-refractivity contribution in [2.75, 3.05) is 0 Å².